The van der Waals surface area contributed by atoms with Crippen molar-refractivity contribution in [2.24, 2.45) is 7.05 Å². The number of rotatable bonds is 6. The zero-order chi connectivity index (χ0) is 21.1. The minimum Gasteiger partial charge on any atom is -0.452 e. The molecule has 3 rings (SSSR count). The molecule has 1 unspecified atom stereocenters. The molecule has 0 bridgehead atoms. The Labute approximate surface area is 167 Å². The maximum atomic E-state index is 12.4. The first-order valence-electron chi connectivity index (χ1n) is 9.21. The molecule has 0 radical (unpaired) electrons. The van der Waals surface area contributed by atoms with E-state index >= 15 is 0 Å². The van der Waals surface area contributed by atoms with Crippen LogP contribution in [0.5, 0.6) is 0 Å². The Morgan fingerprint density at radius 3 is 2.79 bits per heavy atom. The number of nitrogens with zero attached hydrogens (tertiary/aromatic N) is 4. The van der Waals surface area contributed by atoms with Gasteiger partial charge in [0.1, 0.15) is 5.39 Å². The molecule has 1 atom stereocenters. The van der Waals surface area contributed by atoms with Crippen LogP contribution >= 0.6 is 0 Å². The SMILES string of the molecule is Cc1ccc(C)c(NC(=O)C(C)OC(=O)CCn2cnc3c(cnn3C)c2=O)c1. The molecule has 3 aromatic rings. The van der Waals surface area contributed by atoms with Crippen molar-refractivity contribution in [3.05, 3.63) is 52.2 Å². The van der Waals surface area contributed by atoms with Crippen LogP contribution in [0.3, 0.4) is 0 Å². The summed E-state index contributed by atoms with van der Waals surface area (Å²) in [7, 11) is 1.70. The van der Waals surface area contributed by atoms with Gasteiger partial charge in [-0.1, -0.05) is 12.1 Å². The maximum absolute atomic E-state index is 12.4. The molecule has 2 aromatic heterocycles. The van der Waals surface area contributed by atoms with E-state index in [1.165, 1.54) is 28.7 Å². The van der Waals surface area contributed by atoms with Crippen molar-refractivity contribution < 1.29 is 14.3 Å². The summed E-state index contributed by atoms with van der Waals surface area (Å²) < 4.78 is 8.04. The number of hydrogen-bond acceptors (Lipinski definition) is 6. The Hall–Kier alpha value is -3.49. The molecule has 9 nitrogen and oxygen atoms in total. The first-order chi connectivity index (χ1) is 13.8. The molecule has 0 aliphatic carbocycles. The summed E-state index contributed by atoms with van der Waals surface area (Å²) in [5, 5.41) is 7.15. The van der Waals surface area contributed by atoms with E-state index in [2.05, 4.69) is 15.4 Å². The molecule has 1 aromatic carbocycles. The van der Waals surface area contributed by atoms with E-state index < -0.39 is 18.0 Å². The monoisotopic (exact) mass is 397 g/mol. The molecule has 1 N–H and O–H groups in total. The largest absolute Gasteiger partial charge is 0.452 e. The van der Waals surface area contributed by atoms with Gasteiger partial charge in [0.25, 0.3) is 11.5 Å². The number of aromatic nitrogens is 4. The van der Waals surface area contributed by atoms with Gasteiger partial charge in [0, 0.05) is 19.3 Å². The molecule has 29 heavy (non-hydrogen) atoms. The molecule has 1 amide bonds. The Kier molecular flexibility index (Phi) is 5.76. The van der Waals surface area contributed by atoms with Gasteiger partial charge in [0.15, 0.2) is 11.8 Å². The predicted octanol–water partition coefficient (Wildman–Crippen LogP) is 1.71. The fourth-order valence-corrected chi connectivity index (χ4v) is 2.85. The topological polar surface area (TPSA) is 108 Å². The third kappa shape index (κ3) is 4.50. The van der Waals surface area contributed by atoms with Gasteiger partial charge in [-0.15, -0.1) is 0 Å². The summed E-state index contributed by atoms with van der Waals surface area (Å²) in [5.74, 6) is -0.991. The van der Waals surface area contributed by atoms with Crippen LogP contribution in [0.25, 0.3) is 11.0 Å². The number of carbonyl (C=O) groups excluding carboxylic acids is 2. The molecule has 9 heteroatoms. The van der Waals surface area contributed by atoms with Gasteiger partial charge < -0.3 is 10.1 Å². The molecule has 0 fully saturated rings. The number of ether oxygens (including phenoxy) is 1. The Morgan fingerprint density at radius 2 is 2.03 bits per heavy atom. The molecule has 0 saturated carbocycles. The molecule has 0 saturated heterocycles. The van der Waals surface area contributed by atoms with Crippen molar-refractivity contribution in [2.45, 2.75) is 39.8 Å². The van der Waals surface area contributed by atoms with E-state index in [0.717, 1.165) is 11.1 Å². The number of fused-ring (bicyclic) bond motifs is 1. The average molecular weight is 397 g/mol. The normalized spacial score (nSPS) is 12.0. The maximum Gasteiger partial charge on any atom is 0.308 e. The van der Waals surface area contributed by atoms with Gasteiger partial charge >= 0.3 is 5.97 Å². The lowest BCUT2D eigenvalue weighted by atomic mass is 10.1. The van der Waals surface area contributed by atoms with Crippen LogP contribution in [0.15, 0.2) is 35.5 Å². The number of nitrogens with one attached hydrogen (secondary N) is 1. The van der Waals surface area contributed by atoms with E-state index in [1.54, 1.807) is 7.05 Å². The number of carbonyl (C=O) groups is 2. The number of aryl methyl sites for hydroxylation is 4. The van der Waals surface area contributed by atoms with Gasteiger partial charge in [-0.25, -0.2) is 4.98 Å². The molecular formula is C20H23N5O4. The van der Waals surface area contributed by atoms with Gasteiger partial charge in [0.2, 0.25) is 0 Å². The van der Waals surface area contributed by atoms with Crippen LogP contribution in [0.1, 0.15) is 24.5 Å². The second-order valence-electron chi connectivity index (χ2n) is 6.94. The summed E-state index contributed by atoms with van der Waals surface area (Å²) in [6.07, 6.45) is 1.79. The number of esters is 1. The fourth-order valence-electron chi connectivity index (χ4n) is 2.85. The van der Waals surface area contributed by atoms with E-state index in [1.807, 2.05) is 32.0 Å². The Morgan fingerprint density at radius 1 is 1.28 bits per heavy atom. The van der Waals surface area contributed by atoms with Crippen molar-refractivity contribution in [1.82, 2.24) is 19.3 Å². The van der Waals surface area contributed by atoms with E-state index in [4.69, 9.17) is 4.74 Å². The molecule has 0 aliphatic rings. The lowest BCUT2D eigenvalue weighted by Gasteiger charge is -2.15. The summed E-state index contributed by atoms with van der Waals surface area (Å²) in [6, 6.07) is 5.72. The van der Waals surface area contributed by atoms with E-state index in [-0.39, 0.29) is 18.5 Å². The minimum atomic E-state index is -0.960. The second kappa shape index (κ2) is 8.26. The van der Waals surface area contributed by atoms with Crippen molar-refractivity contribution in [2.75, 3.05) is 5.32 Å². The summed E-state index contributed by atoms with van der Waals surface area (Å²) in [4.78, 5) is 41.0. The van der Waals surface area contributed by atoms with Crippen LogP contribution in [0.4, 0.5) is 5.69 Å². The summed E-state index contributed by atoms with van der Waals surface area (Å²) in [6.45, 7) is 5.42. The van der Waals surface area contributed by atoms with Crippen molar-refractivity contribution in [3.8, 4) is 0 Å². The second-order valence-corrected chi connectivity index (χ2v) is 6.94. The molecule has 0 spiro atoms. The molecular weight excluding hydrogens is 374 g/mol. The zero-order valence-corrected chi connectivity index (χ0v) is 16.8. The van der Waals surface area contributed by atoms with E-state index in [9.17, 15) is 14.4 Å². The molecule has 2 heterocycles. The quantitative estimate of drug-likeness (QED) is 0.635. The smallest absolute Gasteiger partial charge is 0.308 e. The summed E-state index contributed by atoms with van der Waals surface area (Å²) >= 11 is 0. The van der Waals surface area contributed by atoms with Crippen LogP contribution in [-0.2, 0) is 27.9 Å². The molecule has 152 valence electrons. The highest BCUT2D eigenvalue weighted by atomic mass is 16.5. The Balaban J connectivity index is 1.57. The first kappa shape index (κ1) is 20.2. The van der Waals surface area contributed by atoms with Crippen LogP contribution in [-0.4, -0.2) is 37.3 Å². The summed E-state index contributed by atoms with van der Waals surface area (Å²) in [5.41, 5.74) is 2.81. The van der Waals surface area contributed by atoms with Gasteiger partial charge in [-0.05, 0) is 38.0 Å². The number of benzene rings is 1. The standard InChI is InChI=1S/C20H23N5O4/c1-12-5-6-13(2)16(9-12)23-19(27)14(3)29-17(26)7-8-25-11-21-18-15(20(25)28)10-22-24(18)4/h5-6,9-11,14H,7-8H2,1-4H3,(H,23,27). The third-order valence-electron chi connectivity index (χ3n) is 4.60. The van der Waals surface area contributed by atoms with E-state index in [0.29, 0.717) is 16.7 Å². The van der Waals surface area contributed by atoms with Gasteiger partial charge in [-0.2, -0.15) is 5.10 Å². The third-order valence-corrected chi connectivity index (χ3v) is 4.60. The minimum absolute atomic E-state index is 0.0611. The first-order valence-corrected chi connectivity index (χ1v) is 9.21. The predicted molar refractivity (Wildman–Crippen MR) is 107 cm³/mol. The Bertz CT molecular complexity index is 1130. The van der Waals surface area contributed by atoms with Gasteiger partial charge in [0.05, 0.1) is 18.9 Å². The average Bonchev–Trinajstić information content (AvgIpc) is 3.06. The lowest BCUT2D eigenvalue weighted by Crippen LogP contribution is -2.31. The van der Waals surface area contributed by atoms with Gasteiger partial charge in [-0.3, -0.25) is 23.6 Å². The lowest BCUT2D eigenvalue weighted by molar-refractivity contribution is -0.153. The molecule has 0 aliphatic heterocycles. The highest BCUT2D eigenvalue weighted by Crippen LogP contribution is 2.17. The fraction of sp³-hybridized carbons (Fsp3) is 0.350. The zero-order valence-electron chi connectivity index (χ0n) is 16.8. The van der Waals surface area contributed by atoms with Crippen molar-refractivity contribution >= 4 is 28.6 Å². The van der Waals surface area contributed by atoms with Crippen LogP contribution < -0.4 is 10.9 Å². The number of hydrogen-bond donors (Lipinski definition) is 1. The van der Waals surface area contributed by atoms with Crippen molar-refractivity contribution in [1.29, 1.82) is 0 Å². The van der Waals surface area contributed by atoms with Crippen LogP contribution in [0, 0.1) is 13.8 Å². The number of amides is 1. The van der Waals surface area contributed by atoms with Crippen LogP contribution in [0.2, 0.25) is 0 Å². The number of anilines is 1. The highest BCUT2D eigenvalue weighted by molar-refractivity contribution is 5.95. The van der Waals surface area contributed by atoms with Crippen molar-refractivity contribution in [3.63, 3.8) is 0 Å². The highest BCUT2D eigenvalue weighted by Gasteiger charge is 2.19.